The zero-order chi connectivity index (χ0) is 26.0. The minimum atomic E-state index is -0.351. The van der Waals surface area contributed by atoms with Crippen molar-refractivity contribution in [3.05, 3.63) is 52.6 Å². The summed E-state index contributed by atoms with van der Waals surface area (Å²) in [5.74, 6) is 0.402. The van der Waals surface area contributed by atoms with Crippen molar-refractivity contribution in [2.75, 3.05) is 0 Å². The van der Waals surface area contributed by atoms with Gasteiger partial charge in [0.25, 0.3) is 0 Å². The Labute approximate surface area is 206 Å². The molecular weight excluding hydrogens is 424 g/mol. The summed E-state index contributed by atoms with van der Waals surface area (Å²) in [7, 11) is 0. The number of aliphatic imine (C=N–C) groups is 1. The number of allylic oxidation sites excluding steroid dienone is 4. The molecular formula is C29H44N2O3. The summed E-state index contributed by atoms with van der Waals surface area (Å²) in [6.07, 6.45) is 4.49. The fourth-order valence-electron chi connectivity index (χ4n) is 3.47. The molecule has 0 spiro atoms. The number of carbonyl (C=O) groups is 2. The highest BCUT2D eigenvalue weighted by Crippen LogP contribution is 2.24. The molecule has 0 radical (unpaired) electrons. The van der Waals surface area contributed by atoms with Crippen LogP contribution in [0.15, 0.2) is 46.5 Å². The zero-order valence-corrected chi connectivity index (χ0v) is 22.8. The molecule has 0 amide bonds. The number of hydrogen-bond donors (Lipinski definition) is 1. The third-order valence-electron chi connectivity index (χ3n) is 5.49. The molecule has 1 rings (SSSR count). The molecule has 1 N–H and O–H groups in total. The van der Waals surface area contributed by atoms with E-state index >= 15 is 0 Å². The molecule has 0 aliphatic rings. The molecule has 1 atom stereocenters. The van der Waals surface area contributed by atoms with Gasteiger partial charge in [0.05, 0.1) is 17.5 Å². The van der Waals surface area contributed by atoms with Gasteiger partial charge in [-0.15, -0.1) is 0 Å². The molecule has 1 aromatic rings. The van der Waals surface area contributed by atoms with E-state index in [9.17, 15) is 9.59 Å². The molecule has 0 bridgehead atoms. The maximum Gasteiger partial charge on any atom is 0.323 e. The van der Waals surface area contributed by atoms with Crippen molar-refractivity contribution in [3.8, 4) is 0 Å². The van der Waals surface area contributed by atoms with Crippen molar-refractivity contribution >= 4 is 23.2 Å². The van der Waals surface area contributed by atoms with E-state index in [-0.39, 0.29) is 29.8 Å². The van der Waals surface area contributed by atoms with E-state index in [0.717, 1.165) is 28.1 Å². The minimum absolute atomic E-state index is 0.0543. The lowest BCUT2D eigenvalue weighted by atomic mass is 9.96. The van der Waals surface area contributed by atoms with Crippen LogP contribution in [0, 0.1) is 18.8 Å². The first kappa shape index (κ1) is 29.5. The van der Waals surface area contributed by atoms with E-state index in [1.165, 1.54) is 0 Å². The van der Waals surface area contributed by atoms with E-state index < -0.39 is 0 Å². The lowest BCUT2D eigenvalue weighted by molar-refractivity contribution is -0.150. The number of aryl methyl sites for hydroxylation is 1. The highest BCUT2D eigenvalue weighted by Gasteiger charge is 2.22. The number of ketones is 1. The Bertz CT molecular complexity index is 937. The minimum Gasteiger partial charge on any atom is -0.462 e. The Hall–Kier alpha value is -2.53. The van der Waals surface area contributed by atoms with Crippen LogP contribution in [0.4, 0.5) is 5.69 Å². The number of nitrogens with one attached hydrogen (secondary N) is 1. The Morgan fingerprint density at radius 2 is 1.74 bits per heavy atom. The van der Waals surface area contributed by atoms with Gasteiger partial charge in [-0.2, -0.15) is 0 Å². The summed E-state index contributed by atoms with van der Waals surface area (Å²) in [5.41, 5.74) is 5.62. The molecule has 188 valence electrons. The van der Waals surface area contributed by atoms with Crippen LogP contribution in [-0.2, 0) is 20.9 Å². The van der Waals surface area contributed by atoms with Crippen LogP contribution in [0.5, 0.6) is 0 Å². The first-order valence-corrected chi connectivity index (χ1v) is 12.3. The molecule has 0 fully saturated rings. The van der Waals surface area contributed by atoms with Crippen LogP contribution in [0.2, 0.25) is 0 Å². The Morgan fingerprint density at radius 3 is 2.24 bits per heavy atom. The molecule has 0 saturated carbocycles. The summed E-state index contributed by atoms with van der Waals surface area (Å²) in [5, 5.41) is 3.39. The summed E-state index contributed by atoms with van der Waals surface area (Å²) in [4.78, 5) is 29.3. The smallest absolute Gasteiger partial charge is 0.323 e. The standard InChI is InChI=1S/C29H44N2O3/c1-11-25(15-22(9)23(10)32)28(19(4)5)31-26-16-24(13-12-21(26)8)17-30-27(14-18(2)3)29(33)34-20(6)7/h11-13,15-16,18-20,27,30H,14,17H2,1-10H3/b22-15-,25-11+,31-28?. The fraction of sp³-hybridized carbons (Fsp3) is 0.552. The second kappa shape index (κ2) is 14.0. The lowest BCUT2D eigenvalue weighted by Gasteiger charge is -2.21. The van der Waals surface area contributed by atoms with Crippen LogP contribution in [0.3, 0.4) is 0 Å². The maximum absolute atomic E-state index is 12.6. The van der Waals surface area contributed by atoms with E-state index in [1.807, 2.05) is 46.8 Å². The SMILES string of the molecule is C/C=C(\C=C(\C)C(C)=O)C(=Nc1cc(CNC(CC(C)C)C(=O)OC(C)C)ccc1C)C(C)C. The molecule has 5 heteroatoms. The van der Waals surface area contributed by atoms with Gasteiger partial charge >= 0.3 is 5.97 Å². The summed E-state index contributed by atoms with van der Waals surface area (Å²) in [6, 6.07) is 5.84. The number of rotatable bonds is 12. The second-order valence-corrected chi connectivity index (χ2v) is 9.95. The number of esters is 1. The van der Waals surface area contributed by atoms with Gasteiger partial charge < -0.3 is 10.1 Å². The molecule has 1 unspecified atom stereocenters. The van der Waals surface area contributed by atoms with Gasteiger partial charge in [-0.1, -0.05) is 45.9 Å². The van der Waals surface area contributed by atoms with E-state index in [2.05, 4.69) is 51.2 Å². The van der Waals surface area contributed by atoms with Crippen molar-refractivity contribution in [2.24, 2.45) is 16.8 Å². The largest absolute Gasteiger partial charge is 0.462 e. The molecule has 0 aromatic heterocycles. The van der Waals surface area contributed by atoms with Gasteiger partial charge in [0.2, 0.25) is 0 Å². The van der Waals surface area contributed by atoms with Gasteiger partial charge in [-0.05, 0) is 94.2 Å². The molecule has 0 heterocycles. The summed E-state index contributed by atoms with van der Waals surface area (Å²) >= 11 is 0. The Balaban J connectivity index is 3.24. The highest BCUT2D eigenvalue weighted by molar-refractivity contribution is 6.07. The van der Waals surface area contributed by atoms with Crippen molar-refractivity contribution < 1.29 is 14.3 Å². The molecule has 5 nitrogen and oxygen atoms in total. The number of benzene rings is 1. The van der Waals surface area contributed by atoms with Gasteiger partial charge in [-0.25, -0.2) is 0 Å². The number of nitrogens with zero attached hydrogens (tertiary/aromatic N) is 1. The second-order valence-electron chi connectivity index (χ2n) is 9.95. The number of carbonyl (C=O) groups excluding carboxylic acids is 2. The molecule has 0 aliphatic carbocycles. The molecule has 0 aliphatic heterocycles. The van der Waals surface area contributed by atoms with Crippen molar-refractivity contribution in [3.63, 3.8) is 0 Å². The molecule has 1 aromatic carbocycles. The predicted molar refractivity (Wildman–Crippen MR) is 143 cm³/mol. The van der Waals surface area contributed by atoms with Crippen LogP contribution in [0.25, 0.3) is 0 Å². The topological polar surface area (TPSA) is 67.8 Å². The van der Waals surface area contributed by atoms with E-state index in [0.29, 0.717) is 24.5 Å². The van der Waals surface area contributed by atoms with Crippen LogP contribution >= 0.6 is 0 Å². The quantitative estimate of drug-likeness (QED) is 0.161. The van der Waals surface area contributed by atoms with Gasteiger partial charge in [0, 0.05) is 6.54 Å². The third-order valence-corrected chi connectivity index (χ3v) is 5.49. The Morgan fingerprint density at radius 1 is 1.09 bits per heavy atom. The highest BCUT2D eigenvalue weighted by atomic mass is 16.5. The normalized spacial score (nSPS) is 14.2. The van der Waals surface area contributed by atoms with Crippen molar-refractivity contribution in [2.45, 2.75) is 94.3 Å². The van der Waals surface area contributed by atoms with E-state index in [1.54, 1.807) is 6.92 Å². The fourth-order valence-corrected chi connectivity index (χ4v) is 3.47. The number of ether oxygens (including phenoxy) is 1. The first-order valence-electron chi connectivity index (χ1n) is 12.3. The maximum atomic E-state index is 12.6. The van der Waals surface area contributed by atoms with Crippen molar-refractivity contribution in [1.29, 1.82) is 0 Å². The van der Waals surface area contributed by atoms with Crippen molar-refractivity contribution in [1.82, 2.24) is 5.32 Å². The summed E-state index contributed by atoms with van der Waals surface area (Å²) < 4.78 is 5.45. The summed E-state index contributed by atoms with van der Waals surface area (Å²) in [6.45, 7) is 20.1. The zero-order valence-electron chi connectivity index (χ0n) is 22.8. The average Bonchev–Trinajstić information content (AvgIpc) is 2.73. The van der Waals surface area contributed by atoms with E-state index in [4.69, 9.17) is 9.73 Å². The number of hydrogen-bond acceptors (Lipinski definition) is 5. The predicted octanol–water partition coefficient (Wildman–Crippen LogP) is 6.66. The monoisotopic (exact) mass is 468 g/mol. The molecule has 34 heavy (non-hydrogen) atoms. The van der Waals surface area contributed by atoms with Gasteiger partial charge in [0.15, 0.2) is 5.78 Å². The van der Waals surface area contributed by atoms with Crippen LogP contribution in [-0.4, -0.2) is 29.6 Å². The first-order chi connectivity index (χ1) is 15.8. The molecule has 0 saturated heterocycles. The van der Waals surface area contributed by atoms with Gasteiger partial charge in [-0.3, -0.25) is 14.6 Å². The third kappa shape index (κ3) is 9.76. The van der Waals surface area contributed by atoms with Crippen LogP contribution in [0.1, 0.15) is 79.9 Å². The lowest BCUT2D eigenvalue weighted by Crippen LogP contribution is -2.39. The van der Waals surface area contributed by atoms with Crippen LogP contribution < -0.4 is 5.32 Å². The number of Topliss-reactive ketones (excluding diaryl/α,β-unsaturated/α-hetero) is 1. The van der Waals surface area contributed by atoms with Gasteiger partial charge in [0.1, 0.15) is 6.04 Å². The Kier molecular flexibility index (Phi) is 12.2. The average molecular weight is 469 g/mol.